The molecule has 0 radical (unpaired) electrons. The van der Waals surface area contributed by atoms with Gasteiger partial charge in [0.25, 0.3) is 5.56 Å². The van der Waals surface area contributed by atoms with Crippen LogP contribution in [0.4, 0.5) is 0 Å². The minimum atomic E-state index is 0.0347. The minimum Gasteiger partial charge on any atom is -0.381 e. The SMILES string of the molecule is Cc1cc(-c2nc3ccccc3n2C2CCOCC2)cn(C)c1=O. The Morgan fingerprint density at radius 2 is 1.96 bits per heavy atom. The molecule has 0 N–H and O–H groups in total. The summed E-state index contributed by atoms with van der Waals surface area (Å²) >= 11 is 0. The third-order valence-electron chi connectivity index (χ3n) is 4.77. The van der Waals surface area contributed by atoms with Gasteiger partial charge in [0, 0.05) is 43.6 Å². The number of aryl methyl sites for hydroxylation is 2. The number of nitrogens with zero attached hydrogens (tertiary/aromatic N) is 3. The smallest absolute Gasteiger partial charge is 0.253 e. The van der Waals surface area contributed by atoms with E-state index in [1.807, 2.05) is 31.3 Å². The minimum absolute atomic E-state index is 0.0347. The van der Waals surface area contributed by atoms with E-state index in [-0.39, 0.29) is 5.56 Å². The number of rotatable bonds is 2. The number of aromatic nitrogens is 3. The predicted octanol–water partition coefficient (Wildman–Crippen LogP) is 3.06. The summed E-state index contributed by atoms with van der Waals surface area (Å²) in [6.07, 6.45) is 3.85. The van der Waals surface area contributed by atoms with Gasteiger partial charge in [-0.3, -0.25) is 4.79 Å². The molecule has 0 saturated carbocycles. The van der Waals surface area contributed by atoms with Gasteiger partial charge in [0.1, 0.15) is 5.82 Å². The van der Waals surface area contributed by atoms with E-state index in [1.165, 1.54) is 0 Å². The van der Waals surface area contributed by atoms with Crippen molar-refractivity contribution in [3.05, 3.63) is 52.4 Å². The molecule has 1 fully saturated rings. The zero-order valence-corrected chi connectivity index (χ0v) is 14.0. The normalized spacial score (nSPS) is 15.9. The molecule has 3 heterocycles. The number of fused-ring (bicyclic) bond motifs is 1. The average Bonchev–Trinajstić information content (AvgIpc) is 2.99. The molecule has 3 aromatic rings. The van der Waals surface area contributed by atoms with Crippen molar-refractivity contribution < 1.29 is 4.74 Å². The number of benzene rings is 1. The Morgan fingerprint density at radius 1 is 1.21 bits per heavy atom. The molecule has 0 amide bonds. The van der Waals surface area contributed by atoms with Gasteiger partial charge in [-0.2, -0.15) is 0 Å². The monoisotopic (exact) mass is 323 g/mol. The van der Waals surface area contributed by atoms with Crippen molar-refractivity contribution >= 4 is 11.0 Å². The van der Waals surface area contributed by atoms with Gasteiger partial charge in [0.2, 0.25) is 0 Å². The lowest BCUT2D eigenvalue weighted by atomic mass is 10.1. The quantitative estimate of drug-likeness (QED) is 0.728. The van der Waals surface area contributed by atoms with Crippen LogP contribution in [0.5, 0.6) is 0 Å². The fourth-order valence-corrected chi connectivity index (χ4v) is 3.56. The van der Waals surface area contributed by atoms with E-state index < -0.39 is 0 Å². The van der Waals surface area contributed by atoms with Crippen molar-refractivity contribution in [1.29, 1.82) is 0 Å². The highest BCUT2D eigenvalue weighted by Crippen LogP contribution is 2.32. The van der Waals surface area contributed by atoms with Gasteiger partial charge in [0.15, 0.2) is 0 Å². The standard InChI is InChI=1S/C19H21N3O2/c1-13-11-14(12-21(2)19(13)23)18-20-16-5-3-4-6-17(16)22(18)15-7-9-24-10-8-15/h3-6,11-12,15H,7-10H2,1-2H3. The van der Waals surface area contributed by atoms with Crippen LogP contribution in [0.2, 0.25) is 0 Å². The average molecular weight is 323 g/mol. The Balaban J connectivity index is 1.96. The summed E-state index contributed by atoms with van der Waals surface area (Å²) in [4.78, 5) is 16.9. The molecule has 124 valence electrons. The molecule has 1 aromatic carbocycles. The highest BCUT2D eigenvalue weighted by molar-refractivity contribution is 5.80. The Labute approximate surface area is 140 Å². The summed E-state index contributed by atoms with van der Waals surface area (Å²) < 4.78 is 9.50. The molecule has 24 heavy (non-hydrogen) atoms. The Kier molecular flexibility index (Phi) is 3.73. The molecular formula is C19H21N3O2. The van der Waals surface area contributed by atoms with Crippen LogP contribution in [-0.2, 0) is 11.8 Å². The Hall–Kier alpha value is -2.40. The highest BCUT2D eigenvalue weighted by Gasteiger charge is 2.22. The van der Waals surface area contributed by atoms with Gasteiger partial charge < -0.3 is 13.9 Å². The molecule has 0 unspecified atom stereocenters. The topological polar surface area (TPSA) is 49.0 Å². The van der Waals surface area contributed by atoms with E-state index >= 15 is 0 Å². The van der Waals surface area contributed by atoms with E-state index in [9.17, 15) is 4.79 Å². The molecule has 5 heteroatoms. The molecular weight excluding hydrogens is 302 g/mol. The van der Waals surface area contributed by atoms with Crippen molar-refractivity contribution in [2.75, 3.05) is 13.2 Å². The summed E-state index contributed by atoms with van der Waals surface area (Å²) in [5.74, 6) is 0.932. The van der Waals surface area contributed by atoms with Crippen molar-refractivity contribution in [2.24, 2.45) is 7.05 Å². The number of para-hydroxylation sites is 2. The van der Waals surface area contributed by atoms with Crippen LogP contribution >= 0.6 is 0 Å². The van der Waals surface area contributed by atoms with Gasteiger partial charge in [-0.1, -0.05) is 12.1 Å². The zero-order valence-electron chi connectivity index (χ0n) is 14.0. The molecule has 5 nitrogen and oxygen atoms in total. The van der Waals surface area contributed by atoms with Crippen molar-refractivity contribution in [3.63, 3.8) is 0 Å². The lowest BCUT2D eigenvalue weighted by molar-refractivity contribution is 0.0710. The van der Waals surface area contributed by atoms with Crippen molar-refractivity contribution in [1.82, 2.24) is 14.1 Å². The molecule has 2 aromatic heterocycles. The zero-order chi connectivity index (χ0) is 16.7. The van der Waals surface area contributed by atoms with E-state index in [0.717, 1.165) is 54.0 Å². The maximum Gasteiger partial charge on any atom is 0.253 e. The number of hydrogen-bond acceptors (Lipinski definition) is 3. The van der Waals surface area contributed by atoms with Gasteiger partial charge in [-0.15, -0.1) is 0 Å². The molecule has 0 bridgehead atoms. The van der Waals surface area contributed by atoms with Crippen LogP contribution in [-0.4, -0.2) is 27.3 Å². The van der Waals surface area contributed by atoms with Crippen LogP contribution in [0.25, 0.3) is 22.4 Å². The van der Waals surface area contributed by atoms with E-state index in [2.05, 4.69) is 16.7 Å². The van der Waals surface area contributed by atoms with E-state index in [1.54, 1.807) is 11.6 Å². The first-order valence-corrected chi connectivity index (χ1v) is 8.37. The van der Waals surface area contributed by atoms with Gasteiger partial charge in [0.05, 0.1) is 11.0 Å². The van der Waals surface area contributed by atoms with Crippen molar-refractivity contribution in [2.45, 2.75) is 25.8 Å². The third-order valence-corrected chi connectivity index (χ3v) is 4.77. The maximum atomic E-state index is 12.0. The van der Waals surface area contributed by atoms with Crippen LogP contribution in [0.15, 0.2) is 41.3 Å². The van der Waals surface area contributed by atoms with Gasteiger partial charge in [-0.05, 0) is 38.0 Å². The summed E-state index contributed by atoms with van der Waals surface area (Å²) in [5, 5.41) is 0. The Bertz CT molecular complexity index is 923. The molecule has 0 aliphatic carbocycles. The first-order valence-electron chi connectivity index (χ1n) is 8.37. The molecule has 4 rings (SSSR count). The first-order chi connectivity index (χ1) is 11.6. The molecule has 0 spiro atoms. The van der Waals surface area contributed by atoms with Crippen LogP contribution < -0.4 is 5.56 Å². The lowest BCUT2D eigenvalue weighted by Gasteiger charge is -2.26. The number of imidazole rings is 1. The number of ether oxygens (including phenoxy) is 1. The van der Waals surface area contributed by atoms with Gasteiger partial charge in [-0.25, -0.2) is 4.98 Å². The fraction of sp³-hybridized carbons (Fsp3) is 0.368. The van der Waals surface area contributed by atoms with Gasteiger partial charge >= 0.3 is 0 Å². The number of hydrogen-bond donors (Lipinski definition) is 0. The second-order valence-corrected chi connectivity index (χ2v) is 6.47. The predicted molar refractivity (Wildman–Crippen MR) is 94.2 cm³/mol. The van der Waals surface area contributed by atoms with E-state index in [4.69, 9.17) is 9.72 Å². The summed E-state index contributed by atoms with van der Waals surface area (Å²) in [5.41, 5.74) is 3.89. The van der Waals surface area contributed by atoms with E-state index in [0.29, 0.717) is 6.04 Å². The summed E-state index contributed by atoms with van der Waals surface area (Å²) in [6, 6.07) is 10.5. The van der Waals surface area contributed by atoms with Crippen LogP contribution in [0, 0.1) is 6.92 Å². The third kappa shape index (κ3) is 2.45. The summed E-state index contributed by atoms with van der Waals surface area (Å²) in [7, 11) is 1.79. The second kappa shape index (κ2) is 5.91. The molecule has 1 aliphatic rings. The van der Waals surface area contributed by atoms with Crippen LogP contribution in [0.3, 0.4) is 0 Å². The second-order valence-electron chi connectivity index (χ2n) is 6.47. The number of pyridine rings is 1. The highest BCUT2D eigenvalue weighted by atomic mass is 16.5. The molecule has 1 aliphatic heterocycles. The lowest BCUT2D eigenvalue weighted by Crippen LogP contribution is -2.21. The first kappa shape index (κ1) is 15.1. The molecule has 1 saturated heterocycles. The molecule has 0 atom stereocenters. The van der Waals surface area contributed by atoms with Crippen molar-refractivity contribution in [3.8, 4) is 11.4 Å². The Morgan fingerprint density at radius 3 is 2.71 bits per heavy atom. The maximum absolute atomic E-state index is 12.0. The summed E-state index contributed by atoms with van der Waals surface area (Å²) in [6.45, 7) is 3.42. The largest absolute Gasteiger partial charge is 0.381 e. The fourth-order valence-electron chi connectivity index (χ4n) is 3.56. The van der Waals surface area contributed by atoms with Crippen LogP contribution in [0.1, 0.15) is 24.4 Å².